The molecule has 16 heavy (non-hydrogen) atoms. The first-order valence-electron chi connectivity index (χ1n) is 6.53. The van der Waals surface area contributed by atoms with E-state index in [1.165, 1.54) is 6.42 Å². The van der Waals surface area contributed by atoms with E-state index in [1.54, 1.807) is 6.92 Å². The second-order valence-corrected chi connectivity index (χ2v) is 4.44. The highest BCUT2D eigenvalue weighted by atomic mass is 16.5. The molecule has 3 atom stereocenters. The minimum Gasteiger partial charge on any atom is -0.391 e. The van der Waals surface area contributed by atoms with Gasteiger partial charge in [0, 0.05) is 6.61 Å². The molecule has 0 fully saturated rings. The Morgan fingerprint density at radius 2 is 1.75 bits per heavy atom. The molecule has 98 valence electrons. The van der Waals surface area contributed by atoms with Crippen LogP contribution in [0.3, 0.4) is 0 Å². The second-order valence-electron chi connectivity index (χ2n) is 4.44. The van der Waals surface area contributed by atoms with E-state index >= 15 is 0 Å². The summed E-state index contributed by atoms with van der Waals surface area (Å²) in [6.07, 6.45) is 4.24. The van der Waals surface area contributed by atoms with Gasteiger partial charge in [-0.05, 0) is 26.7 Å². The summed E-state index contributed by atoms with van der Waals surface area (Å²) in [6, 6.07) is 0. The molecular formula is C13H28O3. The van der Waals surface area contributed by atoms with E-state index in [2.05, 4.69) is 13.8 Å². The van der Waals surface area contributed by atoms with Crippen LogP contribution in [0.25, 0.3) is 0 Å². The Balaban J connectivity index is 3.92. The SMILES string of the molecule is CCCCC(OCCC)C(C)OCC(C)O. The molecule has 0 radical (unpaired) electrons. The molecule has 0 aliphatic rings. The molecule has 0 aliphatic carbocycles. The van der Waals surface area contributed by atoms with Crippen LogP contribution in [0.4, 0.5) is 0 Å². The van der Waals surface area contributed by atoms with Crippen LogP contribution in [0.5, 0.6) is 0 Å². The van der Waals surface area contributed by atoms with Crippen LogP contribution in [0, 0.1) is 0 Å². The van der Waals surface area contributed by atoms with Gasteiger partial charge in [-0.15, -0.1) is 0 Å². The van der Waals surface area contributed by atoms with Gasteiger partial charge < -0.3 is 14.6 Å². The van der Waals surface area contributed by atoms with Gasteiger partial charge in [0.1, 0.15) is 0 Å². The average Bonchev–Trinajstić information content (AvgIpc) is 2.26. The monoisotopic (exact) mass is 232 g/mol. The van der Waals surface area contributed by atoms with Gasteiger partial charge in [-0.1, -0.05) is 26.7 Å². The fraction of sp³-hybridized carbons (Fsp3) is 1.00. The van der Waals surface area contributed by atoms with Crippen LogP contribution >= 0.6 is 0 Å². The van der Waals surface area contributed by atoms with Crippen molar-refractivity contribution >= 4 is 0 Å². The topological polar surface area (TPSA) is 38.7 Å². The van der Waals surface area contributed by atoms with Crippen LogP contribution in [0.1, 0.15) is 53.4 Å². The van der Waals surface area contributed by atoms with E-state index in [1.807, 2.05) is 6.92 Å². The molecule has 0 spiro atoms. The predicted octanol–water partition coefficient (Wildman–Crippen LogP) is 2.76. The second kappa shape index (κ2) is 10.1. The summed E-state index contributed by atoms with van der Waals surface area (Å²) in [5.74, 6) is 0. The van der Waals surface area contributed by atoms with Gasteiger partial charge in [-0.3, -0.25) is 0 Å². The van der Waals surface area contributed by atoms with Crippen LogP contribution < -0.4 is 0 Å². The summed E-state index contributed by atoms with van der Waals surface area (Å²) in [4.78, 5) is 0. The Morgan fingerprint density at radius 3 is 2.25 bits per heavy atom. The maximum atomic E-state index is 9.17. The highest BCUT2D eigenvalue weighted by Gasteiger charge is 2.18. The number of unbranched alkanes of at least 4 members (excludes halogenated alkanes) is 1. The Labute approximate surface area is 100 Å². The molecule has 0 aromatic carbocycles. The van der Waals surface area contributed by atoms with E-state index in [4.69, 9.17) is 14.6 Å². The number of aliphatic hydroxyl groups excluding tert-OH is 1. The van der Waals surface area contributed by atoms with Crippen LogP contribution in [0.2, 0.25) is 0 Å². The fourth-order valence-corrected chi connectivity index (χ4v) is 1.53. The lowest BCUT2D eigenvalue weighted by molar-refractivity contribution is -0.0850. The average molecular weight is 232 g/mol. The first-order valence-corrected chi connectivity index (χ1v) is 6.53. The van der Waals surface area contributed by atoms with Crippen molar-refractivity contribution in [3.8, 4) is 0 Å². The van der Waals surface area contributed by atoms with E-state index < -0.39 is 6.10 Å². The van der Waals surface area contributed by atoms with Crippen LogP contribution in [-0.4, -0.2) is 36.6 Å². The zero-order valence-corrected chi connectivity index (χ0v) is 11.2. The van der Waals surface area contributed by atoms with E-state index in [0.29, 0.717) is 6.61 Å². The quantitative estimate of drug-likeness (QED) is 0.629. The first kappa shape index (κ1) is 15.9. The van der Waals surface area contributed by atoms with Gasteiger partial charge in [0.15, 0.2) is 0 Å². The normalized spacial score (nSPS) is 17.1. The number of hydrogen-bond acceptors (Lipinski definition) is 3. The third-order valence-electron chi connectivity index (χ3n) is 2.50. The Hall–Kier alpha value is -0.120. The lowest BCUT2D eigenvalue weighted by Crippen LogP contribution is -2.31. The largest absolute Gasteiger partial charge is 0.391 e. The van der Waals surface area contributed by atoms with Crippen LogP contribution in [0.15, 0.2) is 0 Å². The smallest absolute Gasteiger partial charge is 0.0833 e. The standard InChI is InChI=1S/C13H28O3/c1-5-7-8-13(15-9-6-2)12(4)16-10-11(3)14/h11-14H,5-10H2,1-4H3. The molecule has 0 aromatic rings. The zero-order valence-electron chi connectivity index (χ0n) is 11.2. The summed E-state index contributed by atoms with van der Waals surface area (Å²) in [7, 11) is 0. The molecule has 0 aliphatic heterocycles. The number of rotatable bonds is 10. The summed E-state index contributed by atoms with van der Waals surface area (Å²) >= 11 is 0. The van der Waals surface area contributed by atoms with Gasteiger partial charge in [0.05, 0.1) is 24.9 Å². The van der Waals surface area contributed by atoms with Gasteiger partial charge in [-0.25, -0.2) is 0 Å². The van der Waals surface area contributed by atoms with Crippen molar-refractivity contribution in [2.24, 2.45) is 0 Å². The Bertz CT molecular complexity index is 140. The van der Waals surface area contributed by atoms with E-state index in [-0.39, 0.29) is 12.2 Å². The van der Waals surface area contributed by atoms with Crippen molar-refractivity contribution in [2.45, 2.75) is 71.7 Å². The van der Waals surface area contributed by atoms with Crippen molar-refractivity contribution in [3.63, 3.8) is 0 Å². The molecule has 3 unspecified atom stereocenters. The summed E-state index contributed by atoms with van der Waals surface area (Å²) in [5.41, 5.74) is 0. The fourth-order valence-electron chi connectivity index (χ4n) is 1.53. The van der Waals surface area contributed by atoms with E-state index in [0.717, 1.165) is 25.9 Å². The Kier molecular flexibility index (Phi) is 9.99. The van der Waals surface area contributed by atoms with Gasteiger partial charge in [0.25, 0.3) is 0 Å². The molecule has 0 saturated heterocycles. The minimum absolute atomic E-state index is 0.0627. The molecule has 1 N–H and O–H groups in total. The maximum Gasteiger partial charge on any atom is 0.0833 e. The van der Waals surface area contributed by atoms with Gasteiger partial charge in [-0.2, -0.15) is 0 Å². The van der Waals surface area contributed by atoms with Crippen molar-refractivity contribution in [1.29, 1.82) is 0 Å². The molecule has 0 aromatic heterocycles. The molecule has 0 heterocycles. The zero-order chi connectivity index (χ0) is 12.4. The molecule has 3 nitrogen and oxygen atoms in total. The summed E-state index contributed by atoms with van der Waals surface area (Å²) < 4.78 is 11.4. The highest BCUT2D eigenvalue weighted by molar-refractivity contribution is 4.67. The third-order valence-corrected chi connectivity index (χ3v) is 2.50. The lowest BCUT2D eigenvalue weighted by Gasteiger charge is -2.25. The molecular weight excluding hydrogens is 204 g/mol. The van der Waals surface area contributed by atoms with Gasteiger partial charge >= 0.3 is 0 Å². The van der Waals surface area contributed by atoms with Crippen molar-refractivity contribution in [1.82, 2.24) is 0 Å². The van der Waals surface area contributed by atoms with E-state index in [9.17, 15) is 0 Å². The number of aliphatic hydroxyl groups is 1. The Morgan fingerprint density at radius 1 is 1.06 bits per heavy atom. The van der Waals surface area contributed by atoms with Crippen molar-refractivity contribution in [3.05, 3.63) is 0 Å². The molecule has 0 rings (SSSR count). The lowest BCUT2D eigenvalue weighted by atomic mass is 10.1. The van der Waals surface area contributed by atoms with Crippen molar-refractivity contribution < 1.29 is 14.6 Å². The number of hydrogen-bond donors (Lipinski definition) is 1. The molecule has 3 heteroatoms. The first-order chi connectivity index (χ1) is 7.61. The third kappa shape index (κ3) is 8.08. The predicted molar refractivity (Wildman–Crippen MR) is 66.7 cm³/mol. The maximum absolute atomic E-state index is 9.17. The molecule has 0 bridgehead atoms. The van der Waals surface area contributed by atoms with Crippen molar-refractivity contribution in [2.75, 3.05) is 13.2 Å². The number of ether oxygens (including phenoxy) is 2. The molecule has 0 amide bonds. The highest BCUT2D eigenvalue weighted by Crippen LogP contribution is 2.13. The summed E-state index contributed by atoms with van der Waals surface area (Å²) in [6.45, 7) is 9.23. The minimum atomic E-state index is -0.402. The molecule has 0 saturated carbocycles. The summed E-state index contributed by atoms with van der Waals surface area (Å²) in [5, 5.41) is 9.17. The van der Waals surface area contributed by atoms with Gasteiger partial charge in [0.2, 0.25) is 0 Å². The van der Waals surface area contributed by atoms with Crippen LogP contribution in [-0.2, 0) is 9.47 Å².